The first-order valence-corrected chi connectivity index (χ1v) is 8.03. The number of ether oxygens (including phenoxy) is 1. The fourth-order valence-corrected chi connectivity index (χ4v) is 2.60. The number of hydrogen-bond donors (Lipinski definition) is 0. The molecule has 1 heterocycles. The van der Waals surface area contributed by atoms with Gasteiger partial charge in [-0.2, -0.15) is 0 Å². The van der Waals surface area contributed by atoms with E-state index in [0.717, 1.165) is 18.2 Å². The molecular weight excluding hydrogens is 317 g/mol. The van der Waals surface area contributed by atoms with Crippen LogP contribution >= 0.6 is 0 Å². The SMILES string of the molecule is CCOC(=O)CC(B1OC(C)(C)C(C)(C)O1)c1cc(F)ccc1F. The molecule has 132 valence electrons. The van der Waals surface area contributed by atoms with E-state index >= 15 is 0 Å². The molecule has 4 nitrogen and oxygen atoms in total. The van der Waals surface area contributed by atoms with Crippen molar-refractivity contribution in [3.8, 4) is 0 Å². The molecule has 0 saturated carbocycles. The molecule has 0 spiro atoms. The van der Waals surface area contributed by atoms with Crippen LogP contribution in [0.1, 0.15) is 52.4 Å². The number of carbonyl (C=O) groups is 1. The van der Waals surface area contributed by atoms with E-state index < -0.39 is 41.7 Å². The molecule has 1 aliphatic rings. The molecule has 0 amide bonds. The van der Waals surface area contributed by atoms with Crippen molar-refractivity contribution in [2.75, 3.05) is 6.61 Å². The van der Waals surface area contributed by atoms with Crippen LogP contribution < -0.4 is 0 Å². The van der Waals surface area contributed by atoms with Crippen LogP contribution in [0.25, 0.3) is 0 Å². The quantitative estimate of drug-likeness (QED) is 0.607. The maximum absolute atomic E-state index is 14.3. The minimum Gasteiger partial charge on any atom is -0.466 e. The highest BCUT2D eigenvalue weighted by Gasteiger charge is 2.54. The monoisotopic (exact) mass is 340 g/mol. The van der Waals surface area contributed by atoms with Crippen LogP contribution in [0.2, 0.25) is 0 Å². The summed E-state index contributed by atoms with van der Waals surface area (Å²) in [5, 5.41) is 0. The van der Waals surface area contributed by atoms with Crippen LogP contribution in [0.4, 0.5) is 8.78 Å². The molecule has 0 N–H and O–H groups in total. The number of hydrogen-bond acceptors (Lipinski definition) is 4. The van der Waals surface area contributed by atoms with Crippen molar-refractivity contribution in [3.05, 3.63) is 35.4 Å². The molecule has 1 unspecified atom stereocenters. The minimum absolute atomic E-state index is 0.0431. The Labute approximate surface area is 141 Å². The minimum atomic E-state index is -0.879. The molecule has 0 bridgehead atoms. The first kappa shape index (κ1) is 18.9. The molecule has 1 saturated heterocycles. The second-order valence-corrected chi connectivity index (χ2v) is 6.91. The van der Waals surface area contributed by atoms with E-state index in [1.165, 1.54) is 0 Å². The summed E-state index contributed by atoms with van der Waals surface area (Å²) < 4.78 is 44.7. The summed E-state index contributed by atoms with van der Waals surface area (Å²) in [6, 6.07) is 3.14. The van der Waals surface area contributed by atoms with Crippen LogP contribution in [0.15, 0.2) is 18.2 Å². The maximum atomic E-state index is 14.3. The Kier molecular flexibility index (Phi) is 5.35. The lowest BCUT2D eigenvalue weighted by Crippen LogP contribution is -2.41. The van der Waals surface area contributed by atoms with E-state index in [1.54, 1.807) is 6.92 Å². The largest absolute Gasteiger partial charge is 0.466 e. The third-order valence-electron chi connectivity index (χ3n) is 4.65. The summed E-state index contributed by atoms with van der Waals surface area (Å²) in [6.45, 7) is 9.32. The van der Waals surface area contributed by atoms with Crippen molar-refractivity contribution in [1.29, 1.82) is 0 Å². The summed E-state index contributed by atoms with van der Waals surface area (Å²) in [5.41, 5.74) is -1.25. The van der Waals surface area contributed by atoms with Gasteiger partial charge in [0, 0.05) is 5.82 Å². The summed E-state index contributed by atoms with van der Waals surface area (Å²) >= 11 is 0. The summed E-state index contributed by atoms with van der Waals surface area (Å²) in [6.07, 6.45) is -0.162. The molecule has 1 atom stereocenters. The smallest absolute Gasteiger partial charge is 0.466 e. The van der Waals surface area contributed by atoms with Crippen LogP contribution in [0, 0.1) is 11.6 Å². The topological polar surface area (TPSA) is 44.8 Å². The Morgan fingerprint density at radius 3 is 2.33 bits per heavy atom. The van der Waals surface area contributed by atoms with E-state index in [-0.39, 0.29) is 18.6 Å². The average molecular weight is 340 g/mol. The number of benzene rings is 1. The van der Waals surface area contributed by atoms with E-state index in [1.807, 2.05) is 27.7 Å². The van der Waals surface area contributed by atoms with Gasteiger partial charge >= 0.3 is 13.1 Å². The second-order valence-electron chi connectivity index (χ2n) is 6.91. The first-order chi connectivity index (χ1) is 11.1. The van der Waals surface area contributed by atoms with Gasteiger partial charge in [-0.05, 0) is 58.4 Å². The molecule has 1 aromatic carbocycles. The fraction of sp³-hybridized carbons (Fsp3) is 0.588. The maximum Gasteiger partial charge on any atom is 0.466 e. The molecule has 7 heteroatoms. The number of rotatable bonds is 5. The van der Waals surface area contributed by atoms with Crippen LogP contribution in [0.5, 0.6) is 0 Å². The van der Waals surface area contributed by atoms with Crippen LogP contribution in [-0.2, 0) is 18.8 Å². The second kappa shape index (κ2) is 6.80. The highest BCUT2D eigenvalue weighted by atomic mass is 19.1. The predicted molar refractivity (Wildman–Crippen MR) is 86.4 cm³/mol. The Morgan fingerprint density at radius 2 is 1.79 bits per heavy atom. The van der Waals surface area contributed by atoms with Gasteiger partial charge in [-0.25, -0.2) is 8.78 Å². The zero-order valence-corrected chi connectivity index (χ0v) is 14.7. The van der Waals surface area contributed by atoms with Crippen molar-refractivity contribution in [2.24, 2.45) is 0 Å². The van der Waals surface area contributed by atoms with Gasteiger partial charge in [0.2, 0.25) is 0 Å². The van der Waals surface area contributed by atoms with Gasteiger partial charge < -0.3 is 14.0 Å². The lowest BCUT2D eigenvalue weighted by molar-refractivity contribution is -0.143. The first-order valence-electron chi connectivity index (χ1n) is 8.03. The van der Waals surface area contributed by atoms with Gasteiger partial charge in [-0.3, -0.25) is 4.79 Å². The van der Waals surface area contributed by atoms with Crippen molar-refractivity contribution in [1.82, 2.24) is 0 Å². The van der Waals surface area contributed by atoms with Crippen molar-refractivity contribution >= 4 is 13.1 Å². The highest BCUT2D eigenvalue weighted by Crippen LogP contribution is 2.42. The molecule has 24 heavy (non-hydrogen) atoms. The standard InChI is InChI=1S/C17H23BF2O4/c1-6-22-15(21)10-13(12-9-11(19)7-8-14(12)20)18-23-16(2,3)17(4,5)24-18/h7-9,13H,6,10H2,1-5H3. The number of halogens is 2. The zero-order chi connectivity index (χ0) is 18.1. The molecular formula is C17H23BF2O4. The van der Waals surface area contributed by atoms with Gasteiger partial charge in [0.15, 0.2) is 0 Å². The van der Waals surface area contributed by atoms with Crippen molar-refractivity contribution in [2.45, 2.75) is 58.1 Å². The van der Waals surface area contributed by atoms with Gasteiger partial charge in [-0.15, -0.1) is 0 Å². The molecule has 0 aliphatic carbocycles. The number of carbonyl (C=O) groups excluding carboxylic acids is 1. The Bertz CT molecular complexity index is 603. The Balaban J connectivity index is 2.37. The normalized spacial score (nSPS) is 20.0. The third kappa shape index (κ3) is 3.78. The molecule has 2 rings (SSSR count). The zero-order valence-electron chi connectivity index (χ0n) is 14.7. The number of esters is 1. The molecule has 1 aliphatic heterocycles. The highest BCUT2D eigenvalue weighted by molar-refractivity contribution is 6.48. The van der Waals surface area contributed by atoms with Crippen molar-refractivity contribution < 1.29 is 27.6 Å². The van der Waals surface area contributed by atoms with E-state index in [9.17, 15) is 13.6 Å². The van der Waals surface area contributed by atoms with Crippen molar-refractivity contribution in [3.63, 3.8) is 0 Å². The Hall–Kier alpha value is -1.47. The van der Waals surface area contributed by atoms with Crippen LogP contribution in [-0.4, -0.2) is 30.9 Å². The predicted octanol–water partition coefficient (Wildman–Crippen LogP) is 3.63. The fourth-order valence-electron chi connectivity index (χ4n) is 2.60. The third-order valence-corrected chi connectivity index (χ3v) is 4.65. The van der Waals surface area contributed by atoms with Gasteiger partial charge in [0.05, 0.1) is 24.2 Å². The summed E-state index contributed by atoms with van der Waals surface area (Å²) in [4.78, 5) is 12.0. The van der Waals surface area contributed by atoms with E-state index in [4.69, 9.17) is 14.0 Å². The summed E-state index contributed by atoms with van der Waals surface area (Å²) in [7, 11) is -0.879. The van der Waals surface area contributed by atoms with E-state index in [2.05, 4.69) is 0 Å². The lowest BCUT2D eigenvalue weighted by atomic mass is 9.66. The van der Waals surface area contributed by atoms with Gasteiger partial charge in [0.1, 0.15) is 11.6 Å². The average Bonchev–Trinajstić information content (AvgIpc) is 2.68. The van der Waals surface area contributed by atoms with E-state index in [0.29, 0.717) is 0 Å². The molecule has 0 aromatic heterocycles. The van der Waals surface area contributed by atoms with Crippen LogP contribution in [0.3, 0.4) is 0 Å². The van der Waals surface area contributed by atoms with Gasteiger partial charge in [0.25, 0.3) is 0 Å². The Morgan fingerprint density at radius 1 is 1.21 bits per heavy atom. The molecule has 1 fully saturated rings. The summed E-state index contributed by atoms with van der Waals surface area (Å²) in [5.74, 6) is -2.51. The molecule has 0 radical (unpaired) electrons. The van der Waals surface area contributed by atoms with Gasteiger partial charge in [-0.1, -0.05) is 0 Å². The lowest BCUT2D eigenvalue weighted by Gasteiger charge is -2.32. The molecule has 1 aromatic rings.